The fourth-order valence-corrected chi connectivity index (χ4v) is 3.23. The minimum atomic E-state index is -0.566. The van der Waals surface area contributed by atoms with Gasteiger partial charge in [0, 0.05) is 18.0 Å². The van der Waals surface area contributed by atoms with Gasteiger partial charge in [-0.2, -0.15) is 0 Å². The molecule has 7 heteroatoms. The van der Waals surface area contributed by atoms with Gasteiger partial charge in [0.1, 0.15) is 5.69 Å². The number of aryl methyl sites for hydroxylation is 1. The summed E-state index contributed by atoms with van der Waals surface area (Å²) < 4.78 is 17.9. The average Bonchev–Trinajstić information content (AvgIpc) is 3.07. The van der Waals surface area contributed by atoms with Crippen molar-refractivity contribution in [2.45, 2.75) is 0 Å². The Morgan fingerprint density at radius 1 is 1.00 bits per heavy atom. The second kappa shape index (κ2) is 7.66. The minimum absolute atomic E-state index is 0.355. The number of ether oxygens (including phenoxy) is 3. The molecule has 1 heterocycles. The van der Waals surface area contributed by atoms with Crippen molar-refractivity contribution >= 4 is 22.4 Å². The van der Waals surface area contributed by atoms with E-state index in [1.54, 1.807) is 44.5 Å². The number of benzene rings is 2. The Kier molecular flexibility index (Phi) is 5.28. The topological polar surface area (TPSA) is 82.0 Å². The van der Waals surface area contributed by atoms with Gasteiger partial charge in [-0.05, 0) is 47.0 Å². The maximum absolute atomic E-state index is 11.8. The molecule has 3 aromatic rings. The molecule has 7 nitrogen and oxygen atoms in total. The van der Waals surface area contributed by atoms with Crippen LogP contribution in [0.15, 0.2) is 43.0 Å². The summed E-state index contributed by atoms with van der Waals surface area (Å²) in [6, 6.07) is 11.2. The van der Waals surface area contributed by atoms with Crippen molar-refractivity contribution < 1.29 is 24.2 Å². The molecular weight excluding hydrogens is 360 g/mol. The van der Waals surface area contributed by atoms with Crippen LogP contribution in [-0.2, 0) is 7.05 Å². The number of carbonyl (C=O) groups is 1. The number of fused-ring (bicyclic) bond motifs is 1. The number of aromatic nitrogens is 1. The maximum Gasteiger partial charge on any atom is 0.291 e. The predicted molar refractivity (Wildman–Crippen MR) is 106 cm³/mol. The van der Waals surface area contributed by atoms with Crippen LogP contribution in [0.3, 0.4) is 0 Å². The van der Waals surface area contributed by atoms with Crippen LogP contribution >= 0.6 is 0 Å². The zero-order valence-corrected chi connectivity index (χ0v) is 16.2. The SMILES string of the molecule is C=C(c1cc(OC)c(OC)c(OC)c1)c1ccc2c(c1)cc(C(=O)NO)n2C. The van der Waals surface area contributed by atoms with E-state index in [2.05, 4.69) is 6.58 Å². The van der Waals surface area contributed by atoms with Crippen molar-refractivity contribution in [1.82, 2.24) is 10.0 Å². The molecule has 0 aliphatic heterocycles. The van der Waals surface area contributed by atoms with E-state index in [-0.39, 0.29) is 0 Å². The number of hydroxylamine groups is 1. The molecule has 0 saturated carbocycles. The van der Waals surface area contributed by atoms with Crippen molar-refractivity contribution in [3.8, 4) is 17.2 Å². The Balaban J connectivity index is 2.07. The highest BCUT2D eigenvalue weighted by atomic mass is 16.5. The summed E-state index contributed by atoms with van der Waals surface area (Å²) in [7, 11) is 6.44. The number of nitrogens with one attached hydrogen (secondary N) is 1. The third-order valence-electron chi connectivity index (χ3n) is 4.74. The molecule has 0 fully saturated rings. The van der Waals surface area contributed by atoms with Gasteiger partial charge in [0.2, 0.25) is 5.75 Å². The van der Waals surface area contributed by atoms with Crippen molar-refractivity contribution in [1.29, 1.82) is 0 Å². The van der Waals surface area contributed by atoms with Gasteiger partial charge in [0.25, 0.3) is 5.91 Å². The van der Waals surface area contributed by atoms with Gasteiger partial charge < -0.3 is 18.8 Å². The third-order valence-corrected chi connectivity index (χ3v) is 4.74. The van der Waals surface area contributed by atoms with E-state index in [1.165, 1.54) is 0 Å². The number of nitrogens with zero attached hydrogens (tertiary/aromatic N) is 1. The van der Waals surface area contributed by atoms with Gasteiger partial charge in [-0.1, -0.05) is 12.6 Å². The molecule has 1 aromatic heterocycles. The fourth-order valence-electron chi connectivity index (χ4n) is 3.23. The van der Waals surface area contributed by atoms with E-state index in [1.807, 2.05) is 30.3 Å². The first kappa shape index (κ1) is 19.3. The normalized spacial score (nSPS) is 10.6. The van der Waals surface area contributed by atoms with Crippen LogP contribution in [0, 0.1) is 0 Å². The molecule has 0 radical (unpaired) electrons. The first-order valence-electron chi connectivity index (χ1n) is 8.48. The Labute approximate surface area is 162 Å². The lowest BCUT2D eigenvalue weighted by Gasteiger charge is -2.15. The monoisotopic (exact) mass is 382 g/mol. The number of carbonyl (C=O) groups excluding carboxylic acids is 1. The molecule has 2 aromatic carbocycles. The summed E-state index contributed by atoms with van der Waals surface area (Å²) in [6.07, 6.45) is 0. The van der Waals surface area contributed by atoms with Crippen LogP contribution < -0.4 is 19.7 Å². The predicted octanol–water partition coefficient (Wildman–Crippen LogP) is 3.38. The number of hydrogen-bond donors (Lipinski definition) is 2. The van der Waals surface area contributed by atoms with Crippen LogP contribution in [0.4, 0.5) is 0 Å². The second-order valence-corrected chi connectivity index (χ2v) is 6.20. The van der Waals surface area contributed by atoms with Crippen molar-refractivity contribution in [2.24, 2.45) is 7.05 Å². The van der Waals surface area contributed by atoms with Gasteiger partial charge in [0.05, 0.1) is 21.3 Å². The molecule has 28 heavy (non-hydrogen) atoms. The van der Waals surface area contributed by atoms with Crippen molar-refractivity contribution in [2.75, 3.05) is 21.3 Å². The highest BCUT2D eigenvalue weighted by Gasteiger charge is 2.17. The molecule has 0 unspecified atom stereocenters. The Bertz CT molecular complexity index is 1040. The van der Waals surface area contributed by atoms with Crippen LogP contribution in [0.1, 0.15) is 21.6 Å². The Morgan fingerprint density at radius 3 is 2.18 bits per heavy atom. The molecule has 146 valence electrons. The lowest BCUT2D eigenvalue weighted by molar-refractivity contribution is 0.0697. The summed E-state index contributed by atoms with van der Waals surface area (Å²) in [6.45, 7) is 4.21. The van der Waals surface area contributed by atoms with Crippen LogP contribution in [0.25, 0.3) is 16.5 Å². The summed E-state index contributed by atoms with van der Waals surface area (Å²) in [4.78, 5) is 11.8. The largest absolute Gasteiger partial charge is 0.493 e. The highest BCUT2D eigenvalue weighted by Crippen LogP contribution is 2.41. The van der Waals surface area contributed by atoms with E-state index in [9.17, 15) is 4.79 Å². The van der Waals surface area contributed by atoms with Gasteiger partial charge in [-0.15, -0.1) is 0 Å². The molecule has 1 amide bonds. The number of amides is 1. The Hall–Kier alpha value is -3.45. The molecule has 2 N–H and O–H groups in total. The third kappa shape index (κ3) is 3.16. The second-order valence-electron chi connectivity index (χ2n) is 6.20. The van der Waals surface area contributed by atoms with Crippen molar-refractivity contribution in [3.63, 3.8) is 0 Å². The van der Waals surface area contributed by atoms with Gasteiger partial charge in [-0.25, -0.2) is 5.48 Å². The van der Waals surface area contributed by atoms with Crippen LogP contribution in [0.5, 0.6) is 17.2 Å². The zero-order valence-electron chi connectivity index (χ0n) is 16.2. The molecule has 0 aliphatic rings. The van der Waals surface area contributed by atoms with Crippen LogP contribution in [0.2, 0.25) is 0 Å². The lowest BCUT2D eigenvalue weighted by Crippen LogP contribution is -2.21. The van der Waals surface area contributed by atoms with E-state index in [0.29, 0.717) is 22.9 Å². The first-order chi connectivity index (χ1) is 13.4. The van der Waals surface area contributed by atoms with Crippen molar-refractivity contribution in [3.05, 3.63) is 59.8 Å². The number of rotatable bonds is 6. The Morgan fingerprint density at radius 2 is 1.64 bits per heavy atom. The van der Waals surface area contributed by atoms with Gasteiger partial charge in [0.15, 0.2) is 11.5 Å². The standard InChI is InChI=1S/C21H22N2O5/c1-12(14-10-18(26-3)20(28-5)19(11-14)27-4)13-6-7-16-15(8-13)9-17(23(16)2)21(24)22-25/h6-11,25H,1H2,2-5H3,(H,22,24). The molecule has 0 atom stereocenters. The quantitative estimate of drug-likeness (QED) is 0.505. The number of hydrogen-bond acceptors (Lipinski definition) is 5. The van der Waals surface area contributed by atoms with Gasteiger partial charge >= 0.3 is 0 Å². The van der Waals surface area contributed by atoms with Gasteiger partial charge in [-0.3, -0.25) is 10.0 Å². The summed E-state index contributed by atoms with van der Waals surface area (Å²) in [5.74, 6) is 1.03. The summed E-state index contributed by atoms with van der Waals surface area (Å²) in [5.41, 5.74) is 5.34. The zero-order chi connectivity index (χ0) is 20.4. The summed E-state index contributed by atoms with van der Waals surface area (Å²) in [5, 5.41) is 9.76. The number of methoxy groups -OCH3 is 3. The van der Waals surface area contributed by atoms with Crippen LogP contribution in [-0.4, -0.2) is 37.0 Å². The molecule has 0 saturated heterocycles. The smallest absolute Gasteiger partial charge is 0.291 e. The van der Waals surface area contributed by atoms with E-state index < -0.39 is 5.91 Å². The molecule has 3 rings (SSSR count). The minimum Gasteiger partial charge on any atom is -0.493 e. The van der Waals surface area contributed by atoms with E-state index >= 15 is 0 Å². The first-order valence-corrected chi connectivity index (χ1v) is 8.48. The summed E-state index contributed by atoms with van der Waals surface area (Å²) >= 11 is 0. The lowest BCUT2D eigenvalue weighted by atomic mass is 9.97. The molecule has 0 spiro atoms. The molecule has 0 aliphatic carbocycles. The highest BCUT2D eigenvalue weighted by molar-refractivity contribution is 5.99. The van der Waals surface area contributed by atoms with E-state index in [4.69, 9.17) is 19.4 Å². The fraction of sp³-hybridized carbons (Fsp3) is 0.190. The molecule has 0 bridgehead atoms. The average molecular weight is 382 g/mol. The maximum atomic E-state index is 11.8. The van der Waals surface area contributed by atoms with E-state index in [0.717, 1.165) is 27.6 Å². The molecular formula is C21H22N2O5.